The molecule has 0 aromatic heterocycles. The monoisotopic (exact) mass is 800 g/mol. The van der Waals surface area contributed by atoms with Gasteiger partial charge in [-0.05, 0) is 125 Å². The molecule has 0 saturated carbocycles. The Bertz CT molecular complexity index is 1860. The minimum atomic E-state index is -1.44. The van der Waals surface area contributed by atoms with Gasteiger partial charge in [-0.25, -0.2) is 9.59 Å². The molecule has 0 radical (unpaired) electrons. The van der Waals surface area contributed by atoms with Crippen LogP contribution in [0.15, 0.2) is 59.7 Å². The van der Waals surface area contributed by atoms with Crippen LogP contribution in [-0.2, 0) is 27.2 Å². The smallest absolute Gasteiger partial charge is 0.367 e. The number of carbonyl (C=O) groups is 3. The highest BCUT2D eigenvalue weighted by Crippen LogP contribution is 2.49. The van der Waals surface area contributed by atoms with Gasteiger partial charge in [0.25, 0.3) is 0 Å². The Hall–Kier alpha value is -4.37. The summed E-state index contributed by atoms with van der Waals surface area (Å²) in [5.74, 6) is -2.30. The molecule has 0 bridgehead atoms. The van der Waals surface area contributed by atoms with Gasteiger partial charge in [-0.1, -0.05) is 88.8 Å². The average molecular weight is 800 g/mol. The lowest BCUT2D eigenvalue weighted by molar-refractivity contribution is -0.889. The summed E-state index contributed by atoms with van der Waals surface area (Å²) < 4.78 is 11.7. The van der Waals surface area contributed by atoms with E-state index in [0.29, 0.717) is 29.9 Å². The Labute approximate surface area is 347 Å². The number of aryl methyl sites for hydroxylation is 2. The number of ether oxygens (including phenoxy) is 2. The summed E-state index contributed by atoms with van der Waals surface area (Å²) in [6.07, 6.45) is 15.2. The fourth-order valence-electron chi connectivity index (χ4n) is 9.07. The van der Waals surface area contributed by atoms with E-state index in [9.17, 15) is 29.7 Å². The van der Waals surface area contributed by atoms with Gasteiger partial charge in [-0.2, -0.15) is 0 Å². The molecule has 318 valence electrons. The highest BCUT2D eigenvalue weighted by Gasteiger charge is 2.36. The van der Waals surface area contributed by atoms with Crippen molar-refractivity contribution in [3.8, 4) is 23.0 Å². The lowest BCUT2D eigenvalue weighted by Gasteiger charge is -2.35. The number of hydrogen-bond acceptors (Lipinski definition) is 8. The van der Waals surface area contributed by atoms with E-state index in [0.717, 1.165) is 80.9 Å². The number of aromatic hydroxyl groups is 2. The molecule has 9 heteroatoms. The summed E-state index contributed by atoms with van der Waals surface area (Å²) in [6.45, 7) is 17.3. The van der Waals surface area contributed by atoms with Crippen LogP contribution in [0, 0.1) is 17.8 Å². The van der Waals surface area contributed by atoms with Crippen molar-refractivity contribution in [2.75, 3.05) is 26.7 Å². The van der Waals surface area contributed by atoms with Crippen LogP contribution in [0.2, 0.25) is 0 Å². The molecule has 2 aliphatic rings. The predicted molar refractivity (Wildman–Crippen MR) is 228 cm³/mol. The number of phenols is 2. The second-order valence-corrected chi connectivity index (χ2v) is 17.9. The van der Waals surface area contributed by atoms with Gasteiger partial charge in [-0.15, -0.1) is 0 Å². The maximum Gasteiger partial charge on any atom is 0.367 e. The number of carboxylic acid groups (broad SMARTS) is 1. The van der Waals surface area contributed by atoms with Gasteiger partial charge in [0.2, 0.25) is 0 Å². The Morgan fingerprint density at radius 1 is 0.776 bits per heavy atom. The van der Waals surface area contributed by atoms with E-state index < -0.39 is 42.0 Å². The SMILES string of the molecule is C=C(C)[C@@H]1CCC(C)=C[C@H]1c1c(O)cc(CCCCC)cc1OC(=O)C[N+](C)(CC(=O)[O-])CC(=O)Oc1cc(CCCCC)cc(O)c1[C@@H]1C=C(C)CC[C@H]1C(C)C. The Kier molecular flexibility index (Phi) is 16.8. The number of carboxylic acids is 1. The molecule has 0 spiro atoms. The summed E-state index contributed by atoms with van der Waals surface area (Å²) in [6, 6.07) is 7.16. The van der Waals surface area contributed by atoms with Gasteiger partial charge < -0.3 is 34.1 Å². The molecule has 5 atom stereocenters. The number of phenolic OH excluding ortho intramolecular Hbond substituents is 2. The number of allylic oxidation sites excluding steroid dienone is 5. The third kappa shape index (κ3) is 12.6. The Morgan fingerprint density at radius 3 is 1.69 bits per heavy atom. The highest BCUT2D eigenvalue weighted by molar-refractivity contribution is 5.78. The van der Waals surface area contributed by atoms with Crippen LogP contribution in [0.5, 0.6) is 23.0 Å². The van der Waals surface area contributed by atoms with Crippen molar-refractivity contribution in [3.05, 3.63) is 82.0 Å². The number of benzene rings is 2. The first-order valence-electron chi connectivity index (χ1n) is 21.6. The van der Waals surface area contributed by atoms with Crippen LogP contribution >= 0.6 is 0 Å². The lowest BCUT2D eigenvalue weighted by Crippen LogP contribution is -2.57. The van der Waals surface area contributed by atoms with Crippen molar-refractivity contribution in [1.82, 2.24) is 0 Å². The van der Waals surface area contributed by atoms with Crippen molar-refractivity contribution in [1.29, 1.82) is 0 Å². The summed E-state index contributed by atoms with van der Waals surface area (Å²) in [5.41, 5.74) is 6.05. The first-order valence-corrected chi connectivity index (χ1v) is 21.6. The molecule has 9 nitrogen and oxygen atoms in total. The Morgan fingerprint density at radius 2 is 1.24 bits per heavy atom. The summed E-state index contributed by atoms with van der Waals surface area (Å²) in [4.78, 5) is 40.2. The molecule has 2 aliphatic carbocycles. The molecule has 0 aliphatic heterocycles. The van der Waals surface area contributed by atoms with Gasteiger partial charge >= 0.3 is 11.9 Å². The fraction of sp³-hybridized carbons (Fsp3) is 0.571. The third-order valence-corrected chi connectivity index (χ3v) is 12.2. The van der Waals surface area contributed by atoms with Crippen LogP contribution < -0.4 is 14.6 Å². The maximum atomic E-state index is 14.0. The quantitative estimate of drug-likeness (QED) is 0.0445. The number of rotatable bonds is 20. The lowest BCUT2D eigenvalue weighted by atomic mass is 9.71. The summed E-state index contributed by atoms with van der Waals surface area (Å²) >= 11 is 0. The van der Waals surface area contributed by atoms with E-state index in [1.165, 1.54) is 18.2 Å². The van der Waals surface area contributed by atoms with Crippen LogP contribution in [0.3, 0.4) is 0 Å². The van der Waals surface area contributed by atoms with Crippen LogP contribution in [-0.4, -0.2) is 59.3 Å². The van der Waals surface area contributed by atoms with Gasteiger partial charge in [0.05, 0.1) is 13.0 Å². The highest BCUT2D eigenvalue weighted by atomic mass is 16.5. The van der Waals surface area contributed by atoms with E-state index in [1.54, 1.807) is 18.2 Å². The topological polar surface area (TPSA) is 133 Å². The number of carbonyl (C=O) groups excluding carboxylic acids is 3. The molecular formula is C49H69NO8. The molecule has 2 N–H and O–H groups in total. The minimum absolute atomic E-state index is 0.0187. The first kappa shape index (κ1) is 46.3. The fourth-order valence-corrected chi connectivity index (χ4v) is 9.07. The number of esters is 2. The number of quaternary nitrogens is 1. The number of nitrogens with zero attached hydrogens (tertiary/aromatic N) is 1. The zero-order chi connectivity index (χ0) is 42.7. The third-order valence-electron chi connectivity index (χ3n) is 12.2. The summed E-state index contributed by atoms with van der Waals surface area (Å²) in [5, 5.41) is 35.3. The average Bonchev–Trinajstić information content (AvgIpc) is 3.10. The minimum Gasteiger partial charge on any atom is -0.544 e. The molecule has 4 rings (SSSR count). The van der Waals surface area contributed by atoms with Crippen molar-refractivity contribution < 1.29 is 43.7 Å². The van der Waals surface area contributed by atoms with E-state index in [1.807, 2.05) is 19.9 Å². The van der Waals surface area contributed by atoms with Crippen LogP contribution in [0.25, 0.3) is 0 Å². The molecule has 58 heavy (non-hydrogen) atoms. The largest absolute Gasteiger partial charge is 0.544 e. The number of likely N-dealkylation sites (N-methyl/N-ethyl adjacent to an activating group) is 1. The van der Waals surface area contributed by atoms with Gasteiger partial charge in [0.15, 0.2) is 13.1 Å². The number of aliphatic carboxylic acids is 1. The zero-order valence-electron chi connectivity index (χ0n) is 36.5. The molecule has 0 fully saturated rings. The maximum absolute atomic E-state index is 14.0. The van der Waals surface area contributed by atoms with E-state index in [4.69, 9.17) is 9.47 Å². The molecular weight excluding hydrogens is 731 g/mol. The van der Waals surface area contributed by atoms with Gasteiger partial charge in [0, 0.05) is 23.0 Å². The second kappa shape index (κ2) is 21.1. The molecule has 0 heterocycles. The number of unbranched alkanes of at least 4 members (excludes halogenated alkanes) is 4. The van der Waals surface area contributed by atoms with Crippen LogP contribution in [0.1, 0.15) is 147 Å². The van der Waals surface area contributed by atoms with Crippen molar-refractivity contribution in [3.63, 3.8) is 0 Å². The second-order valence-electron chi connectivity index (χ2n) is 17.9. The first-order chi connectivity index (χ1) is 27.4. The van der Waals surface area contributed by atoms with Crippen molar-refractivity contribution >= 4 is 17.9 Å². The van der Waals surface area contributed by atoms with Crippen molar-refractivity contribution in [2.24, 2.45) is 17.8 Å². The standard InChI is InChI=1S/C49H69NO8/c1-10-12-14-16-35-24-41(51)48(39-22-33(7)18-20-37(39)31(3)4)43(26-35)57-46(55)29-50(9,28-45(53)54)30-47(56)58-44-27-36(17-15-13-11-2)25-42(52)49(44)40-23-34(8)19-21-38(40)32(5)6/h22-27,32,37-40H,3,10-21,28-30H2,1-2,4-9H3,(H2-,51,52,53,54)/t37-,38-,39+,40+,50?/m0/s1. The molecule has 1 unspecified atom stereocenters. The Balaban J connectivity index is 1.68. The summed E-state index contributed by atoms with van der Waals surface area (Å²) in [7, 11) is 1.49. The van der Waals surface area contributed by atoms with Gasteiger partial charge in [-0.3, -0.25) is 0 Å². The zero-order valence-corrected chi connectivity index (χ0v) is 36.5. The van der Waals surface area contributed by atoms with Crippen molar-refractivity contribution in [2.45, 2.75) is 137 Å². The molecule has 0 amide bonds. The van der Waals surface area contributed by atoms with E-state index >= 15 is 0 Å². The molecule has 2 aromatic rings. The number of hydrogen-bond donors (Lipinski definition) is 2. The predicted octanol–water partition coefficient (Wildman–Crippen LogP) is 9.38. The van der Waals surface area contributed by atoms with E-state index in [2.05, 4.69) is 53.3 Å². The molecule has 2 aromatic carbocycles. The van der Waals surface area contributed by atoms with Gasteiger partial charge in [0.1, 0.15) is 29.5 Å². The van der Waals surface area contributed by atoms with E-state index in [-0.39, 0.29) is 46.7 Å². The normalized spacial score (nSPS) is 20.5. The molecule has 0 saturated heterocycles. The van der Waals surface area contributed by atoms with Crippen LogP contribution in [0.4, 0.5) is 0 Å².